The van der Waals surface area contributed by atoms with E-state index in [1.54, 1.807) is 14.2 Å². The minimum absolute atomic E-state index is 0.0519. The first-order valence-electron chi connectivity index (χ1n) is 12.7. The Kier molecular flexibility index (Phi) is 6.86. The average Bonchev–Trinajstić information content (AvgIpc) is 3.40. The van der Waals surface area contributed by atoms with Crippen molar-refractivity contribution < 1.29 is 23.8 Å². The molecular weight excluding hydrogens is 454 g/mol. The predicted octanol–water partition coefficient (Wildman–Crippen LogP) is 5.55. The van der Waals surface area contributed by atoms with E-state index in [4.69, 9.17) is 14.2 Å². The molecule has 0 bridgehead atoms. The highest BCUT2D eigenvalue weighted by Crippen LogP contribution is 2.47. The van der Waals surface area contributed by atoms with Crippen LogP contribution in [0.1, 0.15) is 68.4 Å². The smallest absolute Gasteiger partial charge is 0.337 e. The minimum Gasteiger partial charge on any atom is -0.493 e. The molecule has 6 nitrogen and oxygen atoms in total. The van der Waals surface area contributed by atoms with E-state index >= 15 is 0 Å². The SMILES string of the molecule is COc1ccc([C@@H]2C(C(=O)OC3CCCC3)=C(C)NC3=C2C(=O)C[C@H](c2ccccc2)C3)cc1OC. The van der Waals surface area contributed by atoms with E-state index in [1.807, 2.05) is 43.3 Å². The lowest BCUT2D eigenvalue weighted by Crippen LogP contribution is -2.36. The zero-order valence-corrected chi connectivity index (χ0v) is 21.1. The maximum atomic E-state index is 13.8. The highest BCUT2D eigenvalue weighted by atomic mass is 16.5. The van der Waals surface area contributed by atoms with Gasteiger partial charge in [0.25, 0.3) is 0 Å². The number of benzene rings is 2. The fraction of sp³-hybridized carbons (Fsp3) is 0.400. The number of Topliss-reactive ketones (excluding diaryl/α,β-unsaturated/α-hetero) is 1. The molecule has 0 aromatic heterocycles. The number of esters is 1. The van der Waals surface area contributed by atoms with Crippen molar-refractivity contribution in [3.8, 4) is 11.5 Å². The van der Waals surface area contributed by atoms with Gasteiger partial charge in [-0.1, -0.05) is 36.4 Å². The molecule has 0 saturated heterocycles. The van der Waals surface area contributed by atoms with Crippen molar-refractivity contribution in [2.45, 2.75) is 63.4 Å². The maximum absolute atomic E-state index is 13.8. The van der Waals surface area contributed by atoms with Gasteiger partial charge in [0.15, 0.2) is 17.3 Å². The first-order chi connectivity index (χ1) is 17.5. The number of hydrogen-bond acceptors (Lipinski definition) is 6. The van der Waals surface area contributed by atoms with Gasteiger partial charge >= 0.3 is 5.97 Å². The first kappa shape index (κ1) is 24.2. The van der Waals surface area contributed by atoms with Crippen LogP contribution >= 0.6 is 0 Å². The van der Waals surface area contributed by atoms with Gasteiger partial charge in [0.1, 0.15) is 6.10 Å². The van der Waals surface area contributed by atoms with Gasteiger partial charge < -0.3 is 19.5 Å². The van der Waals surface area contributed by atoms with Crippen molar-refractivity contribution in [3.05, 3.63) is 82.2 Å². The van der Waals surface area contributed by atoms with Crippen molar-refractivity contribution in [2.75, 3.05) is 14.2 Å². The molecule has 5 rings (SSSR count). The molecule has 1 heterocycles. The van der Waals surface area contributed by atoms with E-state index in [-0.39, 0.29) is 23.8 Å². The number of ether oxygens (including phenoxy) is 3. The third-order valence-electron chi connectivity index (χ3n) is 7.64. The van der Waals surface area contributed by atoms with Gasteiger partial charge in [0, 0.05) is 29.3 Å². The van der Waals surface area contributed by atoms with Crippen LogP contribution in [0.4, 0.5) is 0 Å². The van der Waals surface area contributed by atoms with Gasteiger partial charge in [0.05, 0.1) is 19.8 Å². The van der Waals surface area contributed by atoms with Gasteiger partial charge in [-0.25, -0.2) is 4.79 Å². The second kappa shape index (κ2) is 10.2. The summed E-state index contributed by atoms with van der Waals surface area (Å²) in [5.74, 6) is 0.420. The summed E-state index contributed by atoms with van der Waals surface area (Å²) in [6, 6.07) is 15.8. The number of methoxy groups -OCH3 is 2. The number of allylic oxidation sites excluding steroid dienone is 3. The van der Waals surface area contributed by atoms with E-state index in [9.17, 15) is 9.59 Å². The monoisotopic (exact) mass is 487 g/mol. The highest BCUT2D eigenvalue weighted by Gasteiger charge is 2.42. The molecule has 2 aromatic carbocycles. The molecule has 36 heavy (non-hydrogen) atoms. The van der Waals surface area contributed by atoms with Crippen molar-refractivity contribution in [1.29, 1.82) is 0 Å². The average molecular weight is 488 g/mol. The molecule has 0 spiro atoms. The Morgan fingerprint density at radius 1 is 0.917 bits per heavy atom. The van der Waals surface area contributed by atoms with Gasteiger partial charge in [-0.15, -0.1) is 0 Å². The van der Waals surface area contributed by atoms with Crippen molar-refractivity contribution in [2.24, 2.45) is 0 Å². The zero-order chi connectivity index (χ0) is 25.2. The molecule has 2 aliphatic carbocycles. The lowest BCUT2D eigenvalue weighted by Gasteiger charge is -2.37. The Hall–Kier alpha value is -3.54. The van der Waals surface area contributed by atoms with Gasteiger partial charge in [-0.2, -0.15) is 0 Å². The molecule has 2 atom stereocenters. The van der Waals surface area contributed by atoms with Crippen LogP contribution in [0.5, 0.6) is 11.5 Å². The number of nitrogens with one attached hydrogen (secondary N) is 1. The molecule has 3 aliphatic rings. The standard InChI is InChI=1S/C30H33NO5/c1-18-27(30(33)36-22-11-7-8-12-22)28(20-13-14-25(34-2)26(17-20)35-3)29-23(31-18)15-21(16-24(29)32)19-9-5-4-6-10-19/h4-6,9-10,13-14,17,21-22,28,31H,7-8,11-12,15-16H2,1-3H3/t21-,28-/m1/s1. The van der Waals surface area contributed by atoms with Crippen LogP contribution in [0.15, 0.2) is 71.1 Å². The number of rotatable bonds is 6. The normalized spacial score (nSPS) is 22.2. The Balaban J connectivity index is 1.58. The summed E-state index contributed by atoms with van der Waals surface area (Å²) in [5, 5.41) is 3.44. The number of hydrogen-bond donors (Lipinski definition) is 1. The Labute approximate surface area is 212 Å². The van der Waals surface area contributed by atoms with Gasteiger partial charge in [0.2, 0.25) is 0 Å². The second-order valence-electron chi connectivity index (χ2n) is 9.85. The molecule has 188 valence electrons. The van der Waals surface area contributed by atoms with Gasteiger partial charge in [-0.05, 0) is 68.2 Å². The summed E-state index contributed by atoms with van der Waals surface area (Å²) in [4.78, 5) is 27.3. The van der Waals surface area contributed by atoms with Crippen molar-refractivity contribution >= 4 is 11.8 Å². The molecule has 0 unspecified atom stereocenters. The molecule has 1 fully saturated rings. The van der Waals surface area contributed by atoms with Crippen LogP contribution in [-0.2, 0) is 14.3 Å². The molecule has 0 amide bonds. The lowest BCUT2D eigenvalue weighted by molar-refractivity contribution is -0.144. The van der Waals surface area contributed by atoms with E-state index < -0.39 is 5.92 Å². The largest absolute Gasteiger partial charge is 0.493 e. The molecule has 0 radical (unpaired) electrons. The van der Waals surface area contributed by atoms with E-state index in [1.165, 1.54) is 0 Å². The quantitative estimate of drug-likeness (QED) is 0.539. The van der Waals surface area contributed by atoms with Crippen molar-refractivity contribution in [3.63, 3.8) is 0 Å². The summed E-state index contributed by atoms with van der Waals surface area (Å²) < 4.78 is 16.9. The molecule has 2 aromatic rings. The van der Waals surface area contributed by atoms with Crippen LogP contribution in [0, 0.1) is 0 Å². The van der Waals surface area contributed by atoms with Gasteiger partial charge in [-0.3, -0.25) is 4.79 Å². The first-order valence-corrected chi connectivity index (χ1v) is 12.7. The summed E-state index contributed by atoms with van der Waals surface area (Å²) in [6.07, 6.45) is 4.96. The van der Waals surface area contributed by atoms with Crippen LogP contribution in [0.2, 0.25) is 0 Å². The number of carbonyl (C=O) groups excluding carboxylic acids is 2. The van der Waals surface area contributed by atoms with Crippen molar-refractivity contribution in [1.82, 2.24) is 5.32 Å². The number of dihydropyridines is 1. The zero-order valence-electron chi connectivity index (χ0n) is 21.1. The third kappa shape index (κ3) is 4.52. The molecule has 1 saturated carbocycles. The Bertz CT molecular complexity index is 1220. The van der Waals surface area contributed by atoms with Crippen LogP contribution < -0.4 is 14.8 Å². The topological polar surface area (TPSA) is 73.9 Å². The van der Waals surface area contributed by atoms with Crippen LogP contribution in [-0.4, -0.2) is 32.1 Å². The summed E-state index contributed by atoms with van der Waals surface area (Å²) >= 11 is 0. The fourth-order valence-electron chi connectivity index (χ4n) is 5.86. The second-order valence-corrected chi connectivity index (χ2v) is 9.85. The number of ketones is 1. The van der Waals surface area contributed by atoms with E-state index in [0.717, 1.165) is 48.2 Å². The maximum Gasteiger partial charge on any atom is 0.337 e. The molecule has 6 heteroatoms. The number of carbonyl (C=O) groups is 2. The Morgan fingerprint density at radius 3 is 2.33 bits per heavy atom. The van der Waals surface area contributed by atoms with E-state index in [2.05, 4.69) is 17.4 Å². The summed E-state index contributed by atoms with van der Waals surface area (Å²) in [6.45, 7) is 1.90. The predicted molar refractivity (Wildman–Crippen MR) is 137 cm³/mol. The molecular formula is C30H33NO5. The Morgan fingerprint density at radius 2 is 1.64 bits per heavy atom. The van der Waals surface area contributed by atoms with E-state index in [0.29, 0.717) is 35.5 Å². The molecule has 1 aliphatic heterocycles. The third-order valence-corrected chi connectivity index (χ3v) is 7.64. The molecule has 1 N–H and O–H groups in total. The fourth-order valence-corrected chi connectivity index (χ4v) is 5.86. The van der Waals surface area contributed by atoms with Crippen LogP contribution in [0.25, 0.3) is 0 Å². The summed E-state index contributed by atoms with van der Waals surface area (Å²) in [7, 11) is 3.17. The minimum atomic E-state index is -0.529. The van der Waals surface area contributed by atoms with Crippen LogP contribution in [0.3, 0.4) is 0 Å². The lowest BCUT2D eigenvalue weighted by atomic mass is 9.71. The summed E-state index contributed by atoms with van der Waals surface area (Å²) in [5.41, 5.74) is 4.73. The highest BCUT2D eigenvalue weighted by molar-refractivity contribution is 6.04.